The molecule has 3 atom stereocenters. The molecule has 3 unspecified atom stereocenters. The van der Waals surface area contributed by atoms with Gasteiger partial charge in [0, 0.05) is 5.25 Å². The van der Waals surface area contributed by atoms with Crippen molar-refractivity contribution in [1.29, 1.82) is 0 Å². The molecule has 0 heterocycles. The van der Waals surface area contributed by atoms with Gasteiger partial charge in [-0.1, -0.05) is 41.0 Å². The van der Waals surface area contributed by atoms with Gasteiger partial charge in [0.05, 0.1) is 0 Å². The summed E-state index contributed by atoms with van der Waals surface area (Å²) in [5.41, 5.74) is 0.407. The summed E-state index contributed by atoms with van der Waals surface area (Å²) < 4.78 is 0. The third kappa shape index (κ3) is 4.97. The average Bonchev–Trinajstić information content (AvgIpc) is 2.01. The molecule has 0 bridgehead atoms. The molecule has 0 aromatic heterocycles. The van der Waals surface area contributed by atoms with Crippen LogP contribution in [0.2, 0.25) is 0 Å². The van der Waals surface area contributed by atoms with Crippen LogP contribution in [0.3, 0.4) is 0 Å². The Hall–Kier alpha value is 0.700. The molecule has 2 heteroatoms. The van der Waals surface area contributed by atoms with E-state index in [1.54, 1.807) is 0 Å². The van der Waals surface area contributed by atoms with Crippen LogP contribution in [0.1, 0.15) is 53.9 Å². The van der Waals surface area contributed by atoms with Crippen molar-refractivity contribution < 1.29 is 0 Å². The Morgan fingerprint density at radius 2 is 1.64 bits per heavy atom. The van der Waals surface area contributed by atoms with Crippen molar-refractivity contribution in [2.45, 2.75) is 64.4 Å². The van der Waals surface area contributed by atoms with E-state index in [0.29, 0.717) is 21.8 Å². The molecule has 0 rings (SSSR count). The number of thiol groups is 2. The van der Waals surface area contributed by atoms with Gasteiger partial charge in [-0.2, -0.15) is 25.3 Å². The lowest BCUT2D eigenvalue weighted by atomic mass is 9.74. The molecule has 0 saturated heterocycles. The van der Waals surface area contributed by atoms with Gasteiger partial charge in [-0.25, -0.2) is 0 Å². The Balaban J connectivity index is 4.21. The Labute approximate surface area is 101 Å². The predicted molar refractivity (Wildman–Crippen MR) is 73.7 cm³/mol. The second-order valence-corrected chi connectivity index (χ2v) is 6.72. The van der Waals surface area contributed by atoms with Crippen LogP contribution in [0.15, 0.2) is 0 Å². The van der Waals surface area contributed by atoms with E-state index in [-0.39, 0.29) is 0 Å². The number of hydrogen-bond donors (Lipinski definition) is 2. The summed E-state index contributed by atoms with van der Waals surface area (Å²) in [7, 11) is 0. The fourth-order valence-electron chi connectivity index (χ4n) is 1.95. The van der Waals surface area contributed by atoms with Gasteiger partial charge >= 0.3 is 0 Å². The van der Waals surface area contributed by atoms with Crippen molar-refractivity contribution in [3.8, 4) is 0 Å². The normalized spacial score (nSPS) is 19.1. The van der Waals surface area contributed by atoms with Gasteiger partial charge in [-0.05, 0) is 29.4 Å². The van der Waals surface area contributed by atoms with Gasteiger partial charge in [0.2, 0.25) is 0 Å². The van der Waals surface area contributed by atoms with Crippen LogP contribution < -0.4 is 0 Å². The van der Waals surface area contributed by atoms with Crippen LogP contribution in [-0.2, 0) is 0 Å². The van der Waals surface area contributed by atoms with E-state index in [1.165, 1.54) is 12.8 Å². The van der Waals surface area contributed by atoms with Crippen LogP contribution in [0.4, 0.5) is 0 Å². The third-order valence-electron chi connectivity index (χ3n) is 3.29. The first kappa shape index (κ1) is 14.7. The van der Waals surface area contributed by atoms with Crippen LogP contribution >= 0.6 is 25.3 Å². The highest BCUT2D eigenvalue weighted by Crippen LogP contribution is 2.37. The first-order valence-electron chi connectivity index (χ1n) is 5.67. The summed E-state index contributed by atoms with van der Waals surface area (Å²) >= 11 is 9.13. The summed E-state index contributed by atoms with van der Waals surface area (Å²) in [4.78, 5) is 0. The smallest absolute Gasteiger partial charge is 0.00578 e. The third-order valence-corrected chi connectivity index (χ3v) is 4.16. The molecule has 0 aliphatic heterocycles. The molecule has 0 fully saturated rings. The summed E-state index contributed by atoms with van der Waals surface area (Å²) in [6.07, 6.45) is 3.64. The molecule has 0 amide bonds. The first-order valence-corrected chi connectivity index (χ1v) is 6.70. The predicted octanol–water partition coefficient (Wildman–Crippen LogP) is 4.46. The summed E-state index contributed by atoms with van der Waals surface area (Å²) in [6, 6.07) is 0. The molecule has 0 saturated carbocycles. The van der Waals surface area contributed by atoms with Crippen molar-refractivity contribution in [3.63, 3.8) is 0 Å². The largest absolute Gasteiger partial charge is 0.176 e. The highest BCUT2D eigenvalue weighted by Gasteiger charge is 2.29. The van der Waals surface area contributed by atoms with Gasteiger partial charge in [0.1, 0.15) is 0 Å². The summed E-state index contributed by atoms with van der Waals surface area (Å²) in [5.74, 6) is 0.653. The first-order chi connectivity index (χ1) is 6.31. The zero-order valence-electron chi connectivity index (χ0n) is 10.2. The average molecular weight is 234 g/mol. The summed E-state index contributed by atoms with van der Waals surface area (Å²) in [6.45, 7) is 11.4. The molecule has 0 aromatic rings. The minimum Gasteiger partial charge on any atom is -0.176 e. The molecule has 0 aliphatic rings. The summed E-state index contributed by atoms with van der Waals surface area (Å²) in [5, 5.41) is 0.932. The van der Waals surface area contributed by atoms with Crippen LogP contribution in [-0.4, -0.2) is 10.5 Å². The van der Waals surface area contributed by atoms with Crippen LogP contribution in [0.5, 0.6) is 0 Å². The van der Waals surface area contributed by atoms with Gasteiger partial charge in [0.15, 0.2) is 0 Å². The molecular formula is C12H26S2. The van der Waals surface area contributed by atoms with E-state index in [2.05, 4.69) is 47.2 Å². The molecular weight excluding hydrogens is 208 g/mol. The lowest BCUT2D eigenvalue weighted by Crippen LogP contribution is -2.30. The lowest BCUT2D eigenvalue weighted by Gasteiger charge is -2.36. The van der Waals surface area contributed by atoms with Crippen molar-refractivity contribution in [3.05, 3.63) is 0 Å². The minimum atomic E-state index is 0.407. The molecule has 14 heavy (non-hydrogen) atoms. The molecule has 0 spiro atoms. The molecule has 0 N–H and O–H groups in total. The zero-order chi connectivity index (χ0) is 11.4. The second kappa shape index (κ2) is 6.32. The van der Waals surface area contributed by atoms with Crippen molar-refractivity contribution in [2.24, 2.45) is 11.3 Å². The van der Waals surface area contributed by atoms with Gasteiger partial charge < -0.3 is 0 Å². The monoisotopic (exact) mass is 234 g/mol. The molecule has 0 aromatic carbocycles. The second-order valence-electron chi connectivity index (χ2n) is 5.18. The van der Waals surface area contributed by atoms with Crippen LogP contribution in [0.25, 0.3) is 0 Å². The number of rotatable bonds is 6. The van der Waals surface area contributed by atoms with E-state index in [4.69, 9.17) is 12.6 Å². The minimum absolute atomic E-state index is 0.407. The maximum Gasteiger partial charge on any atom is 0.00578 e. The lowest BCUT2D eigenvalue weighted by molar-refractivity contribution is 0.202. The Bertz CT molecular complexity index is 152. The zero-order valence-corrected chi connectivity index (χ0v) is 12.0. The standard InChI is InChI=1S/C12H26S2/c1-6-7-12(4,5)10(3)11(14)8-9(2)13/h9-11,13-14H,6-8H2,1-5H3. The molecule has 0 aliphatic carbocycles. The van der Waals surface area contributed by atoms with Gasteiger partial charge in [0.25, 0.3) is 0 Å². The van der Waals surface area contributed by atoms with Crippen molar-refractivity contribution in [2.75, 3.05) is 0 Å². The fraction of sp³-hybridized carbons (Fsp3) is 1.00. The fourth-order valence-corrected chi connectivity index (χ4v) is 3.06. The topological polar surface area (TPSA) is 0 Å². The van der Waals surface area contributed by atoms with Crippen molar-refractivity contribution in [1.82, 2.24) is 0 Å². The Morgan fingerprint density at radius 3 is 2.00 bits per heavy atom. The van der Waals surface area contributed by atoms with Gasteiger partial charge in [-0.15, -0.1) is 0 Å². The quantitative estimate of drug-likeness (QED) is 0.623. The molecule has 0 nitrogen and oxygen atoms in total. The van der Waals surface area contributed by atoms with E-state index in [9.17, 15) is 0 Å². The van der Waals surface area contributed by atoms with Crippen molar-refractivity contribution >= 4 is 25.3 Å². The Kier molecular flexibility index (Phi) is 6.63. The maximum atomic E-state index is 4.70. The van der Waals surface area contributed by atoms with E-state index in [1.807, 2.05) is 0 Å². The number of hydrogen-bond acceptors (Lipinski definition) is 2. The Morgan fingerprint density at radius 1 is 1.14 bits per heavy atom. The van der Waals surface area contributed by atoms with Crippen LogP contribution in [0, 0.1) is 11.3 Å². The SMILES string of the molecule is CCCC(C)(C)C(C)C(S)CC(C)S. The van der Waals surface area contributed by atoms with E-state index in [0.717, 1.165) is 6.42 Å². The highest BCUT2D eigenvalue weighted by atomic mass is 32.1. The van der Waals surface area contributed by atoms with Gasteiger partial charge in [-0.3, -0.25) is 0 Å². The van der Waals surface area contributed by atoms with E-state index < -0.39 is 0 Å². The maximum absolute atomic E-state index is 4.70. The van der Waals surface area contributed by atoms with E-state index >= 15 is 0 Å². The highest BCUT2D eigenvalue weighted by molar-refractivity contribution is 7.81. The molecule has 0 radical (unpaired) electrons. The molecule has 86 valence electrons.